The van der Waals surface area contributed by atoms with Gasteiger partial charge in [0.15, 0.2) is 0 Å². The Hall–Kier alpha value is -2.49. The average Bonchev–Trinajstić information content (AvgIpc) is 2.77. The van der Waals surface area contributed by atoms with Crippen molar-refractivity contribution < 1.29 is 15.0 Å². The summed E-state index contributed by atoms with van der Waals surface area (Å²) in [6.07, 6.45) is 0.146. The number of phenols is 1. The number of benzene rings is 2. The Morgan fingerprint density at radius 3 is 2.76 bits per heavy atom. The number of hydrogen-bond donors (Lipinski definition) is 2. The van der Waals surface area contributed by atoms with Crippen LogP contribution in [0.3, 0.4) is 0 Å². The average molecular weight is 283 g/mol. The zero-order chi connectivity index (χ0) is 14.8. The maximum absolute atomic E-state index is 11.0. The summed E-state index contributed by atoms with van der Waals surface area (Å²) >= 11 is 0. The Kier molecular flexibility index (Phi) is 3.52. The van der Waals surface area contributed by atoms with Crippen molar-refractivity contribution in [2.24, 2.45) is 0 Å². The van der Waals surface area contributed by atoms with Gasteiger partial charge in [-0.3, -0.25) is 4.79 Å². The van der Waals surface area contributed by atoms with Gasteiger partial charge in [-0.15, -0.1) is 0 Å². The normalized spacial score (nSPS) is 16.8. The molecule has 2 aromatic carbocycles. The summed E-state index contributed by atoms with van der Waals surface area (Å²) in [7, 11) is 0. The van der Waals surface area contributed by atoms with E-state index in [1.807, 2.05) is 36.4 Å². The van der Waals surface area contributed by atoms with Gasteiger partial charge in [-0.05, 0) is 29.3 Å². The second kappa shape index (κ2) is 5.48. The first-order valence-corrected chi connectivity index (χ1v) is 6.97. The van der Waals surface area contributed by atoms with Crippen molar-refractivity contribution in [3.63, 3.8) is 0 Å². The van der Waals surface area contributed by atoms with E-state index < -0.39 is 5.97 Å². The summed E-state index contributed by atoms with van der Waals surface area (Å²) in [6.45, 7) is 1.36. The quantitative estimate of drug-likeness (QED) is 0.905. The molecule has 108 valence electrons. The lowest BCUT2D eigenvalue weighted by Crippen LogP contribution is -2.22. The SMILES string of the molecule is O=C(O)CC1CN(Cc2cccc(O)c2)c2ccccc21. The molecule has 0 bridgehead atoms. The number of aromatic hydroxyl groups is 1. The molecule has 1 aliphatic heterocycles. The van der Waals surface area contributed by atoms with E-state index in [4.69, 9.17) is 5.11 Å². The van der Waals surface area contributed by atoms with Crippen molar-refractivity contribution in [3.05, 3.63) is 59.7 Å². The molecule has 3 rings (SSSR count). The summed E-state index contributed by atoms with van der Waals surface area (Å²) in [5.41, 5.74) is 3.20. The van der Waals surface area contributed by atoms with Crippen molar-refractivity contribution in [1.29, 1.82) is 0 Å². The monoisotopic (exact) mass is 283 g/mol. The van der Waals surface area contributed by atoms with Gasteiger partial charge >= 0.3 is 5.97 Å². The third-order valence-electron chi connectivity index (χ3n) is 3.86. The van der Waals surface area contributed by atoms with Crippen LogP contribution in [0.2, 0.25) is 0 Å². The largest absolute Gasteiger partial charge is 0.508 e. The van der Waals surface area contributed by atoms with Gasteiger partial charge in [0, 0.05) is 24.7 Å². The molecule has 2 N–H and O–H groups in total. The number of nitrogens with zero attached hydrogens (tertiary/aromatic N) is 1. The van der Waals surface area contributed by atoms with Crippen LogP contribution >= 0.6 is 0 Å². The zero-order valence-corrected chi connectivity index (χ0v) is 11.6. The molecule has 1 heterocycles. The highest BCUT2D eigenvalue weighted by atomic mass is 16.4. The van der Waals surface area contributed by atoms with Crippen LogP contribution in [0.4, 0.5) is 5.69 Å². The topological polar surface area (TPSA) is 60.8 Å². The minimum absolute atomic E-state index is 0.0241. The number of carboxylic acid groups (broad SMARTS) is 1. The van der Waals surface area contributed by atoms with Gasteiger partial charge in [-0.25, -0.2) is 0 Å². The second-order valence-electron chi connectivity index (χ2n) is 5.40. The molecule has 2 aromatic rings. The summed E-state index contributed by atoms with van der Waals surface area (Å²) < 4.78 is 0. The third-order valence-corrected chi connectivity index (χ3v) is 3.86. The predicted molar refractivity (Wildman–Crippen MR) is 80.6 cm³/mol. The Balaban J connectivity index is 1.85. The zero-order valence-electron chi connectivity index (χ0n) is 11.6. The molecule has 0 saturated heterocycles. The lowest BCUT2D eigenvalue weighted by atomic mass is 9.98. The molecular weight excluding hydrogens is 266 g/mol. The molecule has 21 heavy (non-hydrogen) atoms. The van der Waals surface area contributed by atoms with Gasteiger partial charge in [-0.2, -0.15) is 0 Å². The molecule has 0 aliphatic carbocycles. The Morgan fingerprint density at radius 1 is 1.19 bits per heavy atom. The number of carbonyl (C=O) groups is 1. The maximum atomic E-state index is 11.0. The molecule has 0 fully saturated rings. The molecule has 0 radical (unpaired) electrons. The molecule has 0 saturated carbocycles. The highest BCUT2D eigenvalue weighted by Crippen LogP contribution is 2.38. The van der Waals surface area contributed by atoms with Gasteiger partial charge in [-0.1, -0.05) is 30.3 Å². The first-order chi connectivity index (χ1) is 10.1. The fourth-order valence-corrected chi connectivity index (χ4v) is 2.99. The smallest absolute Gasteiger partial charge is 0.304 e. The molecule has 0 spiro atoms. The van der Waals surface area contributed by atoms with Crippen LogP contribution in [0.5, 0.6) is 5.75 Å². The number of phenolic OH excluding ortho intramolecular Hbond substituents is 1. The van der Waals surface area contributed by atoms with E-state index in [-0.39, 0.29) is 18.1 Å². The summed E-state index contributed by atoms with van der Waals surface area (Å²) in [4.78, 5) is 13.2. The number of para-hydroxylation sites is 1. The van der Waals surface area contributed by atoms with E-state index in [9.17, 15) is 9.90 Å². The molecule has 4 heteroatoms. The van der Waals surface area contributed by atoms with Crippen molar-refractivity contribution in [2.45, 2.75) is 18.9 Å². The molecule has 1 unspecified atom stereocenters. The number of carboxylic acids is 1. The summed E-state index contributed by atoms with van der Waals surface area (Å²) in [5.74, 6) is -0.493. The van der Waals surface area contributed by atoms with Gasteiger partial charge in [0.1, 0.15) is 5.75 Å². The van der Waals surface area contributed by atoms with Crippen LogP contribution in [0.25, 0.3) is 0 Å². The maximum Gasteiger partial charge on any atom is 0.304 e. The van der Waals surface area contributed by atoms with Gasteiger partial charge in [0.2, 0.25) is 0 Å². The van der Waals surface area contributed by atoms with Crippen molar-refractivity contribution in [1.82, 2.24) is 0 Å². The number of rotatable bonds is 4. The third kappa shape index (κ3) is 2.84. The molecular formula is C17H17NO3. The van der Waals surface area contributed by atoms with Gasteiger partial charge in [0.25, 0.3) is 0 Å². The first-order valence-electron chi connectivity index (χ1n) is 6.97. The van der Waals surface area contributed by atoms with Gasteiger partial charge in [0.05, 0.1) is 6.42 Å². The number of aliphatic carboxylic acids is 1. The summed E-state index contributed by atoms with van der Waals surface area (Å²) in [6, 6.07) is 15.1. The van der Waals surface area contributed by atoms with Crippen molar-refractivity contribution >= 4 is 11.7 Å². The van der Waals surface area contributed by atoms with Crippen molar-refractivity contribution in [2.75, 3.05) is 11.4 Å². The van der Waals surface area contributed by atoms with E-state index in [1.165, 1.54) is 0 Å². The lowest BCUT2D eigenvalue weighted by Gasteiger charge is -2.20. The van der Waals surface area contributed by atoms with E-state index in [2.05, 4.69) is 4.90 Å². The fraction of sp³-hybridized carbons (Fsp3) is 0.235. The Morgan fingerprint density at radius 2 is 2.00 bits per heavy atom. The Labute approximate surface area is 123 Å². The van der Waals surface area contributed by atoms with Crippen LogP contribution < -0.4 is 4.90 Å². The van der Waals surface area contributed by atoms with Crippen LogP contribution in [0.15, 0.2) is 48.5 Å². The van der Waals surface area contributed by atoms with E-state index in [1.54, 1.807) is 12.1 Å². The van der Waals surface area contributed by atoms with Gasteiger partial charge < -0.3 is 15.1 Å². The first kappa shape index (κ1) is 13.5. The van der Waals surface area contributed by atoms with Crippen LogP contribution in [0.1, 0.15) is 23.5 Å². The van der Waals surface area contributed by atoms with E-state index in [0.717, 1.165) is 16.8 Å². The van der Waals surface area contributed by atoms with Crippen molar-refractivity contribution in [3.8, 4) is 5.75 Å². The Bertz CT molecular complexity index is 669. The predicted octanol–water partition coefficient (Wildman–Crippen LogP) is 2.97. The highest BCUT2D eigenvalue weighted by molar-refractivity contribution is 5.71. The molecule has 1 aliphatic rings. The number of hydrogen-bond acceptors (Lipinski definition) is 3. The fourth-order valence-electron chi connectivity index (χ4n) is 2.99. The second-order valence-corrected chi connectivity index (χ2v) is 5.40. The summed E-state index contributed by atoms with van der Waals surface area (Å²) in [5, 5.41) is 18.6. The molecule has 0 aromatic heterocycles. The highest BCUT2D eigenvalue weighted by Gasteiger charge is 2.29. The van der Waals surface area contributed by atoms with E-state index >= 15 is 0 Å². The van der Waals surface area contributed by atoms with Crippen LogP contribution in [0, 0.1) is 0 Å². The van der Waals surface area contributed by atoms with Crippen LogP contribution in [-0.4, -0.2) is 22.7 Å². The number of anilines is 1. The lowest BCUT2D eigenvalue weighted by molar-refractivity contribution is -0.137. The molecule has 1 atom stereocenters. The minimum atomic E-state index is -0.769. The van der Waals surface area contributed by atoms with E-state index in [0.29, 0.717) is 13.1 Å². The minimum Gasteiger partial charge on any atom is -0.508 e. The molecule has 0 amide bonds. The van der Waals surface area contributed by atoms with Crippen LogP contribution in [-0.2, 0) is 11.3 Å². The number of fused-ring (bicyclic) bond motifs is 1. The molecule has 4 nitrogen and oxygen atoms in total. The standard InChI is InChI=1S/C17H17NO3/c19-14-5-3-4-12(8-14)10-18-11-13(9-17(20)21)15-6-1-2-7-16(15)18/h1-8,13,19H,9-11H2,(H,20,21).